The molecule has 1 N–H and O–H groups in total. The molecule has 3 heterocycles. The number of methoxy groups -OCH3 is 1. The molecular formula is C24H23N5O5S2. The molecule has 1 amide bonds. The minimum absolute atomic E-state index is 0.102. The number of benzene rings is 1. The maximum Gasteiger partial charge on any atom is 0.257 e. The first-order valence-corrected chi connectivity index (χ1v) is 13.1. The smallest absolute Gasteiger partial charge is 0.257 e. The number of nitrogens with zero attached hydrogens (tertiary/aromatic N) is 4. The summed E-state index contributed by atoms with van der Waals surface area (Å²) in [7, 11) is -2.35. The quantitative estimate of drug-likeness (QED) is 0.325. The Kier molecular flexibility index (Phi) is 7.67. The lowest BCUT2D eigenvalue weighted by Crippen LogP contribution is -2.11. The molecular weight excluding hydrogens is 502 g/mol. The van der Waals surface area contributed by atoms with Gasteiger partial charge in [-0.25, -0.2) is 23.4 Å². The lowest BCUT2D eigenvalue weighted by atomic mass is 10.0. The molecule has 3 aromatic heterocycles. The monoisotopic (exact) mass is 525 g/mol. The Morgan fingerprint density at radius 3 is 2.42 bits per heavy atom. The van der Waals surface area contributed by atoms with Gasteiger partial charge in [0.05, 0.1) is 29.6 Å². The number of aromatic nitrogens is 4. The van der Waals surface area contributed by atoms with Crippen molar-refractivity contribution in [3.8, 4) is 17.1 Å². The van der Waals surface area contributed by atoms with Crippen LogP contribution < -0.4 is 10.1 Å². The number of nitrogens with one attached hydrogen (secondary N) is 1. The highest BCUT2D eigenvalue weighted by Crippen LogP contribution is 2.33. The molecule has 0 atom stereocenters. The maximum absolute atomic E-state index is 13.2. The maximum atomic E-state index is 13.2. The summed E-state index contributed by atoms with van der Waals surface area (Å²) in [5.41, 5.74) is 3.35. The van der Waals surface area contributed by atoms with Crippen molar-refractivity contribution in [2.45, 2.75) is 23.8 Å². The molecule has 0 aliphatic carbocycles. The molecule has 0 saturated carbocycles. The molecule has 4 aromatic rings. The summed E-state index contributed by atoms with van der Waals surface area (Å²) in [6.45, 7) is 4.29. The fourth-order valence-corrected chi connectivity index (χ4v) is 5.45. The van der Waals surface area contributed by atoms with Crippen molar-refractivity contribution in [3.63, 3.8) is 0 Å². The Balaban J connectivity index is 1.55. The van der Waals surface area contributed by atoms with E-state index in [1.165, 1.54) is 23.7 Å². The zero-order valence-corrected chi connectivity index (χ0v) is 21.4. The van der Waals surface area contributed by atoms with Crippen LogP contribution in [0.4, 0.5) is 5.13 Å². The normalized spacial score (nSPS) is 11.3. The van der Waals surface area contributed by atoms with Crippen LogP contribution in [0.25, 0.3) is 11.3 Å². The molecule has 10 nitrogen and oxygen atoms in total. The highest BCUT2D eigenvalue weighted by molar-refractivity contribution is 7.91. The molecule has 0 radical (unpaired) electrons. The van der Waals surface area contributed by atoms with Gasteiger partial charge in [0.25, 0.3) is 5.91 Å². The number of anilines is 1. The first kappa shape index (κ1) is 25.4. The highest BCUT2D eigenvalue weighted by atomic mass is 32.2. The van der Waals surface area contributed by atoms with Crippen molar-refractivity contribution < 1.29 is 22.7 Å². The van der Waals surface area contributed by atoms with E-state index < -0.39 is 9.84 Å². The van der Waals surface area contributed by atoms with E-state index in [4.69, 9.17) is 9.47 Å². The van der Waals surface area contributed by atoms with Gasteiger partial charge in [-0.15, -0.1) is 11.3 Å². The average molecular weight is 526 g/mol. The van der Waals surface area contributed by atoms with Crippen LogP contribution in [0, 0.1) is 13.8 Å². The van der Waals surface area contributed by atoms with E-state index in [0.29, 0.717) is 23.0 Å². The Morgan fingerprint density at radius 2 is 1.78 bits per heavy atom. The largest absolute Gasteiger partial charge is 0.474 e. The van der Waals surface area contributed by atoms with Crippen LogP contribution in [0.5, 0.6) is 5.88 Å². The van der Waals surface area contributed by atoms with Crippen LogP contribution in [0.15, 0.2) is 64.4 Å². The second-order valence-corrected chi connectivity index (χ2v) is 10.5. The van der Waals surface area contributed by atoms with Gasteiger partial charge >= 0.3 is 0 Å². The number of carbonyl (C=O) groups excluding carboxylic acids is 1. The molecule has 0 bridgehead atoms. The second-order valence-electron chi connectivity index (χ2n) is 7.70. The van der Waals surface area contributed by atoms with Crippen LogP contribution in [0.2, 0.25) is 0 Å². The molecule has 0 spiro atoms. The number of sulfone groups is 1. The van der Waals surface area contributed by atoms with Crippen molar-refractivity contribution in [1.82, 2.24) is 19.9 Å². The van der Waals surface area contributed by atoms with Gasteiger partial charge in [0.15, 0.2) is 10.2 Å². The number of rotatable bonds is 9. The molecule has 0 unspecified atom stereocenters. The van der Waals surface area contributed by atoms with Gasteiger partial charge in [0.2, 0.25) is 15.7 Å². The molecule has 36 heavy (non-hydrogen) atoms. The number of amides is 1. The first-order chi connectivity index (χ1) is 17.3. The molecule has 186 valence electrons. The lowest BCUT2D eigenvalue weighted by Gasteiger charge is -2.12. The summed E-state index contributed by atoms with van der Waals surface area (Å²) in [6, 6.07) is 6.39. The second kappa shape index (κ2) is 10.9. The van der Waals surface area contributed by atoms with Crippen LogP contribution in [0.1, 0.15) is 21.5 Å². The third-order valence-electron chi connectivity index (χ3n) is 5.16. The predicted molar refractivity (Wildman–Crippen MR) is 134 cm³/mol. The number of aryl methyl sites for hydroxylation is 2. The summed E-state index contributed by atoms with van der Waals surface area (Å²) in [6.07, 6.45) is 5.53. The molecule has 12 heteroatoms. The predicted octanol–water partition coefficient (Wildman–Crippen LogP) is 3.72. The van der Waals surface area contributed by atoms with Gasteiger partial charge in [-0.2, -0.15) is 0 Å². The summed E-state index contributed by atoms with van der Waals surface area (Å²) in [5, 5.41) is 4.85. The Hall–Kier alpha value is -3.74. The fraction of sp³-hybridized carbons (Fsp3) is 0.208. The van der Waals surface area contributed by atoms with Gasteiger partial charge in [-0.05, 0) is 49.2 Å². The highest BCUT2D eigenvalue weighted by Gasteiger charge is 2.23. The van der Waals surface area contributed by atoms with E-state index in [2.05, 4.69) is 25.3 Å². The van der Waals surface area contributed by atoms with Crippen LogP contribution in [0.3, 0.4) is 0 Å². The topological polar surface area (TPSA) is 133 Å². The third kappa shape index (κ3) is 5.56. The summed E-state index contributed by atoms with van der Waals surface area (Å²) < 4.78 is 36.6. The Bertz CT molecular complexity index is 1450. The first-order valence-electron chi connectivity index (χ1n) is 10.8. The summed E-state index contributed by atoms with van der Waals surface area (Å²) in [5.74, 6) is -0.0755. The van der Waals surface area contributed by atoms with Crippen LogP contribution in [-0.4, -0.2) is 54.6 Å². The molecule has 0 saturated heterocycles. The Morgan fingerprint density at radius 1 is 1.06 bits per heavy atom. The van der Waals surface area contributed by atoms with Crippen LogP contribution in [-0.2, 0) is 14.6 Å². The SMILES string of the molecule is COCCOc1cnc(S(=O)(=O)c2cc(C)c(-c3csc(NC(=O)c4ccncc4)n3)c(C)c2)cn1. The number of carbonyl (C=O) groups is 1. The molecule has 0 fully saturated rings. The molecule has 1 aromatic carbocycles. The van der Waals surface area contributed by atoms with Crippen molar-refractivity contribution in [1.29, 1.82) is 0 Å². The number of hydrogen-bond donors (Lipinski definition) is 1. The minimum atomic E-state index is -3.90. The Labute approximate surface area is 212 Å². The average Bonchev–Trinajstić information content (AvgIpc) is 3.32. The van der Waals surface area contributed by atoms with E-state index in [-0.39, 0.29) is 28.3 Å². The zero-order valence-electron chi connectivity index (χ0n) is 19.8. The number of hydrogen-bond acceptors (Lipinski definition) is 10. The lowest BCUT2D eigenvalue weighted by molar-refractivity contribution is 0.102. The van der Waals surface area contributed by atoms with Crippen molar-refractivity contribution in [3.05, 3.63) is 71.1 Å². The number of thiazole rings is 1. The van der Waals surface area contributed by atoms with Crippen molar-refractivity contribution in [2.24, 2.45) is 0 Å². The summed E-state index contributed by atoms with van der Waals surface area (Å²) >= 11 is 1.28. The third-order valence-corrected chi connectivity index (χ3v) is 7.53. The van der Waals surface area contributed by atoms with Gasteiger partial charge in [0.1, 0.15) is 6.61 Å². The van der Waals surface area contributed by atoms with Gasteiger partial charge in [-0.3, -0.25) is 15.1 Å². The van der Waals surface area contributed by atoms with E-state index in [1.54, 1.807) is 43.8 Å². The van der Waals surface area contributed by atoms with Crippen LogP contribution >= 0.6 is 11.3 Å². The van der Waals surface area contributed by atoms with E-state index in [9.17, 15) is 13.2 Å². The zero-order chi connectivity index (χ0) is 25.7. The minimum Gasteiger partial charge on any atom is -0.474 e. The van der Waals surface area contributed by atoms with Crippen molar-refractivity contribution in [2.75, 3.05) is 25.6 Å². The fourth-order valence-electron chi connectivity index (χ4n) is 3.47. The number of ether oxygens (including phenoxy) is 2. The van der Waals surface area contributed by atoms with Gasteiger partial charge < -0.3 is 9.47 Å². The van der Waals surface area contributed by atoms with Crippen molar-refractivity contribution >= 4 is 32.2 Å². The number of pyridine rings is 1. The van der Waals surface area contributed by atoms with Gasteiger partial charge in [0, 0.05) is 36.0 Å². The summed E-state index contributed by atoms with van der Waals surface area (Å²) in [4.78, 5) is 29.0. The van der Waals surface area contributed by atoms with E-state index in [1.807, 2.05) is 19.2 Å². The van der Waals surface area contributed by atoms with E-state index >= 15 is 0 Å². The molecule has 4 rings (SSSR count). The van der Waals surface area contributed by atoms with E-state index in [0.717, 1.165) is 16.7 Å². The molecule has 0 aliphatic heterocycles. The van der Waals surface area contributed by atoms with Gasteiger partial charge in [-0.1, -0.05) is 0 Å². The molecule has 0 aliphatic rings. The standard InChI is InChI=1S/C24H23N5O5S2/c1-15-10-18(36(31,32)21-13-26-20(12-27-21)34-9-8-33-3)11-16(2)22(15)19-14-35-24(28-19)29-23(30)17-4-6-25-7-5-17/h4-7,10-14H,8-9H2,1-3H3,(H,28,29,30).